The fourth-order valence-corrected chi connectivity index (χ4v) is 2.88. The Hall–Kier alpha value is -1.80. The van der Waals surface area contributed by atoms with Crippen LogP contribution in [0.2, 0.25) is 0 Å². The van der Waals surface area contributed by atoms with E-state index in [1.807, 2.05) is 30.3 Å². The third-order valence-corrected chi connectivity index (χ3v) is 4.21. The van der Waals surface area contributed by atoms with Gasteiger partial charge in [0.05, 0.1) is 13.2 Å². The van der Waals surface area contributed by atoms with E-state index < -0.39 is 6.10 Å². The Kier molecular flexibility index (Phi) is 6.66. The molecular formula is C17H18INO4. The highest BCUT2D eigenvalue weighted by atomic mass is 127. The van der Waals surface area contributed by atoms with Gasteiger partial charge in [-0.05, 0) is 45.9 Å². The number of carbonyl (C=O) groups is 1. The van der Waals surface area contributed by atoms with Crippen LogP contribution in [0.4, 0.5) is 0 Å². The van der Waals surface area contributed by atoms with Crippen molar-refractivity contribution in [3.8, 4) is 11.5 Å². The van der Waals surface area contributed by atoms with Gasteiger partial charge in [0.2, 0.25) is 6.41 Å². The molecule has 0 heterocycles. The highest BCUT2D eigenvalue weighted by Crippen LogP contribution is 2.34. The van der Waals surface area contributed by atoms with E-state index in [1.165, 1.54) is 0 Å². The molecule has 2 aromatic rings. The molecule has 2 rings (SSSR count). The smallest absolute Gasteiger partial charge is 0.207 e. The molecule has 122 valence electrons. The molecule has 0 saturated heterocycles. The minimum Gasteiger partial charge on any atom is -0.493 e. The van der Waals surface area contributed by atoms with Crippen LogP contribution in [0.5, 0.6) is 11.5 Å². The largest absolute Gasteiger partial charge is 0.493 e. The first kappa shape index (κ1) is 17.6. The van der Waals surface area contributed by atoms with Crippen molar-refractivity contribution in [1.82, 2.24) is 5.32 Å². The van der Waals surface area contributed by atoms with Crippen molar-refractivity contribution in [2.45, 2.75) is 12.7 Å². The second-order valence-electron chi connectivity index (χ2n) is 4.84. The molecular weight excluding hydrogens is 409 g/mol. The summed E-state index contributed by atoms with van der Waals surface area (Å²) in [7, 11) is 1.57. The fraction of sp³-hybridized carbons (Fsp3) is 0.235. The number of aliphatic hydroxyl groups excluding tert-OH is 1. The quantitative estimate of drug-likeness (QED) is 0.502. The van der Waals surface area contributed by atoms with E-state index in [0.29, 0.717) is 30.1 Å². The summed E-state index contributed by atoms with van der Waals surface area (Å²) < 4.78 is 12.0. The third-order valence-electron chi connectivity index (χ3n) is 3.27. The number of halogens is 1. The van der Waals surface area contributed by atoms with E-state index in [1.54, 1.807) is 19.2 Å². The summed E-state index contributed by atoms with van der Waals surface area (Å²) in [6.45, 7) is 0.546. The van der Waals surface area contributed by atoms with Crippen LogP contribution >= 0.6 is 22.6 Å². The lowest BCUT2D eigenvalue weighted by Crippen LogP contribution is -2.20. The Morgan fingerprint density at radius 2 is 2.00 bits per heavy atom. The first-order valence-corrected chi connectivity index (χ1v) is 8.12. The normalized spacial score (nSPS) is 11.6. The zero-order valence-electron chi connectivity index (χ0n) is 12.7. The second kappa shape index (κ2) is 8.73. The molecule has 1 atom stereocenters. The number of nitrogens with one attached hydrogen (secondary N) is 1. The summed E-state index contributed by atoms with van der Waals surface area (Å²) in [5.41, 5.74) is 1.72. The first-order valence-electron chi connectivity index (χ1n) is 7.05. The summed E-state index contributed by atoms with van der Waals surface area (Å²) in [4.78, 5) is 10.4. The number of benzene rings is 2. The number of amides is 1. The van der Waals surface area contributed by atoms with Crippen LogP contribution in [0.15, 0.2) is 42.5 Å². The molecule has 0 aliphatic carbocycles. The van der Waals surface area contributed by atoms with Crippen LogP contribution < -0.4 is 14.8 Å². The van der Waals surface area contributed by atoms with Gasteiger partial charge in [-0.2, -0.15) is 0 Å². The molecule has 2 N–H and O–H groups in total. The molecule has 0 spiro atoms. The molecule has 0 fully saturated rings. The molecule has 0 radical (unpaired) electrons. The molecule has 23 heavy (non-hydrogen) atoms. The summed E-state index contributed by atoms with van der Waals surface area (Å²) in [6, 6.07) is 13.4. The zero-order valence-corrected chi connectivity index (χ0v) is 14.8. The predicted molar refractivity (Wildman–Crippen MR) is 95.5 cm³/mol. The van der Waals surface area contributed by atoms with E-state index in [0.717, 1.165) is 9.13 Å². The van der Waals surface area contributed by atoms with Crippen molar-refractivity contribution in [3.05, 3.63) is 57.2 Å². The maximum Gasteiger partial charge on any atom is 0.207 e. The van der Waals surface area contributed by atoms with Gasteiger partial charge < -0.3 is 19.9 Å². The van der Waals surface area contributed by atoms with E-state index in [2.05, 4.69) is 27.9 Å². The standard InChI is InChI=1S/C17H18INO4/c1-22-16-8-14(18)13(15(21)9-19-11-20)7-17(16)23-10-12-5-3-2-4-6-12/h2-8,11,15,21H,9-10H2,1H3,(H,19,20). The van der Waals surface area contributed by atoms with E-state index >= 15 is 0 Å². The number of carbonyl (C=O) groups excluding carboxylic acids is 1. The minimum absolute atomic E-state index is 0.143. The Morgan fingerprint density at radius 3 is 2.65 bits per heavy atom. The van der Waals surface area contributed by atoms with Gasteiger partial charge in [-0.3, -0.25) is 4.79 Å². The van der Waals surface area contributed by atoms with Gasteiger partial charge in [0.1, 0.15) is 6.61 Å². The van der Waals surface area contributed by atoms with Gasteiger partial charge in [-0.15, -0.1) is 0 Å². The SMILES string of the molecule is COc1cc(I)c(C(O)CNC=O)cc1OCc1ccccc1. The minimum atomic E-state index is -0.808. The predicted octanol–water partition coefficient (Wildman–Crippen LogP) is 2.66. The van der Waals surface area contributed by atoms with Gasteiger partial charge in [0.15, 0.2) is 11.5 Å². The average Bonchev–Trinajstić information content (AvgIpc) is 2.59. The van der Waals surface area contributed by atoms with Crippen molar-refractivity contribution in [2.75, 3.05) is 13.7 Å². The molecule has 2 aromatic carbocycles. The molecule has 0 saturated carbocycles. The monoisotopic (exact) mass is 427 g/mol. The van der Waals surface area contributed by atoms with Crippen LogP contribution in [-0.2, 0) is 11.4 Å². The molecule has 0 aliphatic rings. The topological polar surface area (TPSA) is 67.8 Å². The number of methoxy groups -OCH3 is 1. The molecule has 0 aromatic heterocycles. The van der Waals surface area contributed by atoms with E-state index in [-0.39, 0.29) is 6.54 Å². The van der Waals surface area contributed by atoms with Crippen LogP contribution in [0, 0.1) is 3.57 Å². The molecule has 1 unspecified atom stereocenters. The van der Waals surface area contributed by atoms with Gasteiger partial charge in [-0.25, -0.2) is 0 Å². The highest BCUT2D eigenvalue weighted by Gasteiger charge is 2.16. The Balaban J connectivity index is 2.21. The van der Waals surface area contributed by atoms with Gasteiger partial charge in [-0.1, -0.05) is 30.3 Å². The number of hydrogen-bond acceptors (Lipinski definition) is 4. The molecule has 6 heteroatoms. The Labute approximate surface area is 148 Å². The fourth-order valence-electron chi connectivity index (χ4n) is 2.08. The van der Waals surface area contributed by atoms with Crippen molar-refractivity contribution in [3.63, 3.8) is 0 Å². The lowest BCUT2D eigenvalue weighted by Gasteiger charge is -2.17. The summed E-state index contributed by atoms with van der Waals surface area (Å²) in [6.07, 6.45) is -0.246. The Bertz CT molecular complexity index is 649. The number of ether oxygens (including phenoxy) is 2. The first-order chi connectivity index (χ1) is 11.2. The van der Waals surface area contributed by atoms with Crippen molar-refractivity contribution >= 4 is 29.0 Å². The van der Waals surface area contributed by atoms with Crippen LogP contribution in [0.1, 0.15) is 17.2 Å². The number of rotatable bonds is 8. The van der Waals surface area contributed by atoms with Gasteiger partial charge >= 0.3 is 0 Å². The lowest BCUT2D eigenvalue weighted by molar-refractivity contribution is -0.109. The maximum atomic E-state index is 10.4. The van der Waals surface area contributed by atoms with E-state index in [4.69, 9.17) is 9.47 Å². The van der Waals surface area contributed by atoms with Gasteiger partial charge in [0.25, 0.3) is 0 Å². The molecule has 1 amide bonds. The third kappa shape index (κ3) is 4.84. The van der Waals surface area contributed by atoms with E-state index in [9.17, 15) is 9.90 Å². The number of aliphatic hydroxyl groups is 1. The number of hydrogen-bond donors (Lipinski definition) is 2. The molecule has 0 bridgehead atoms. The van der Waals surface area contributed by atoms with Crippen molar-refractivity contribution in [1.29, 1.82) is 0 Å². The Morgan fingerprint density at radius 1 is 1.26 bits per heavy atom. The second-order valence-corrected chi connectivity index (χ2v) is 6.00. The summed E-state index contributed by atoms with van der Waals surface area (Å²) in [5, 5.41) is 12.7. The highest BCUT2D eigenvalue weighted by molar-refractivity contribution is 14.1. The summed E-state index contributed by atoms with van der Waals surface area (Å²) >= 11 is 2.12. The van der Waals surface area contributed by atoms with Gasteiger partial charge in [0, 0.05) is 10.1 Å². The van der Waals surface area contributed by atoms with Crippen molar-refractivity contribution < 1.29 is 19.4 Å². The zero-order chi connectivity index (χ0) is 16.7. The molecule has 0 aliphatic heterocycles. The molecule has 5 nitrogen and oxygen atoms in total. The lowest BCUT2D eigenvalue weighted by atomic mass is 10.1. The maximum absolute atomic E-state index is 10.4. The van der Waals surface area contributed by atoms with Crippen LogP contribution in [0.3, 0.4) is 0 Å². The van der Waals surface area contributed by atoms with Crippen molar-refractivity contribution in [2.24, 2.45) is 0 Å². The van der Waals surface area contributed by atoms with Crippen LogP contribution in [0.25, 0.3) is 0 Å². The summed E-state index contributed by atoms with van der Waals surface area (Å²) in [5.74, 6) is 1.15. The average molecular weight is 427 g/mol. The van der Waals surface area contributed by atoms with Crippen LogP contribution in [-0.4, -0.2) is 25.2 Å².